The summed E-state index contributed by atoms with van der Waals surface area (Å²) in [7, 11) is 0. The number of rotatable bonds is 7. The molecule has 0 spiro atoms. The van der Waals surface area contributed by atoms with Crippen molar-refractivity contribution in [1.82, 2.24) is 0 Å². The third kappa shape index (κ3) is 5.52. The van der Waals surface area contributed by atoms with E-state index < -0.39 is 0 Å². The van der Waals surface area contributed by atoms with Crippen molar-refractivity contribution in [1.29, 1.82) is 5.26 Å². The monoisotopic (exact) mass is 327 g/mol. The molecule has 0 heterocycles. The maximum atomic E-state index is 12.2. The summed E-state index contributed by atoms with van der Waals surface area (Å²) in [5.41, 5.74) is 2.55. The first kappa shape index (κ1) is 17.2. The van der Waals surface area contributed by atoms with E-state index in [9.17, 15) is 9.90 Å². The molecule has 3 nitrogen and oxygen atoms in total. The number of carbonyl (C=O) groups excluding carboxylic acids is 1. The summed E-state index contributed by atoms with van der Waals surface area (Å²) in [6, 6.07) is 16.5. The molecule has 0 saturated carbocycles. The Labute approximate surface area is 141 Å². The zero-order valence-electron chi connectivity index (χ0n) is 12.7. The van der Waals surface area contributed by atoms with Gasteiger partial charge in [-0.3, -0.25) is 4.79 Å². The first-order chi connectivity index (χ1) is 11.1. The van der Waals surface area contributed by atoms with Crippen LogP contribution in [-0.4, -0.2) is 17.5 Å². The van der Waals surface area contributed by atoms with Crippen LogP contribution in [0.25, 0.3) is 0 Å². The second-order valence-electron chi connectivity index (χ2n) is 5.61. The summed E-state index contributed by atoms with van der Waals surface area (Å²) in [6.07, 6.45) is 1.30. The molecule has 0 radical (unpaired) electrons. The van der Waals surface area contributed by atoms with Crippen molar-refractivity contribution in [2.24, 2.45) is 5.92 Å². The normalized spacial score (nSPS) is 11.7. The van der Waals surface area contributed by atoms with Crippen LogP contribution in [0.15, 0.2) is 48.5 Å². The fourth-order valence-corrected chi connectivity index (χ4v) is 2.60. The summed E-state index contributed by atoms with van der Waals surface area (Å²) in [5.74, 6) is -0.0113. The van der Waals surface area contributed by atoms with E-state index in [2.05, 4.69) is 6.07 Å². The van der Waals surface area contributed by atoms with Gasteiger partial charge in [0.2, 0.25) is 0 Å². The van der Waals surface area contributed by atoms with E-state index in [1.165, 1.54) is 0 Å². The summed E-state index contributed by atoms with van der Waals surface area (Å²) < 4.78 is 0. The van der Waals surface area contributed by atoms with Crippen LogP contribution in [0.5, 0.6) is 0 Å². The van der Waals surface area contributed by atoms with Crippen molar-refractivity contribution in [3.05, 3.63) is 70.2 Å². The van der Waals surface area contributed by atoms with E-state index in [1.54, 1.807) is 24.3 Å². The van der Waals surface area contributed by atoms with Gasteiger partial charge in [-0.2, -0.15) is 5.26 Å². The first-order valence-electron chi connectivity index (χ1n) is 7.46. The Morgan fingerprint density at radius 3 is 2.26 bits per heavy atom. The maximum Gasteiger partial charge on any atom is 0.137 e. The van der Waals surface area contributed by atoms with Crippen LogP contribution in [0.3, 0.4) is 0 Å². The standard InChI is InChI=1S/C19H18ClNO2/c20-18-7-5-15(6-8-18)10-19(23)11-17(13-22)9-14-1-3-16(12-21)4-2-14/h1-8,17,22H,9-11,13H2. The smallest absolute Gasteiger partial charge is 0.137 e. The minimum absolute atomic E-state index is 0.0354. The summed E-state index contributed by atoms with van der Waals surface area (Å²) >= 11 is 5.83. The minimum Gasteiger partial charge on any atom is -0.396 e. The van der Waals surface area contributed by atoms with Crippen LogP contribution in [0, 0.1) is 17.2 Å². The number of aliphatic hydroxyl groups excluding tert-OH is 1. The molecule has 23 heavy (non-hydrogen) atoms. The van der Waals surface area contributed by atoms with Crippen molar-refractivity contribution in [2.45, 2.75) is 19.3 Å². The highest BCUT2D eigenvalue weighted by atomic mass is 35.5. The molecule has 0 aliphatic heterocycles. The topological polar surface area (TPSA) is 61.1 Å². The lowest BCUT2D eigenvalue weighted by Gasteiger charge is -2.13. The van der Waals surface area contributed by atoms with Gasteiger partial charge >= 0.3 is 0 Å². The Kier molecular flexibility index (Phi) is 6.34. The molecule has 118 valence electrons. The molecule has 0 aliphatic rings. The summed E-state index contributed by atoms with van der Waals surface area (Å²) in [4.78, 5) is 12.2. The number of Topliss-reactive ketones (excluding diaryl/α,β-unsaturated/α-hetero) is 1. The van der Waals surface area contributed by atoms with Gasteiger partial charge in [0.05, 0.1) is 11.6 Å². The molecule has 0 aliphatic carbocycles. The lowest BCUT2D eigenvalue weighted by Crippen LogP contribution is -2.16. The Morgan fingerprint density at radius 1 is 1.09 bits per heavy atom. The van der Waals surface area contributed by atoms with Gasteiger partial charge in [0.25, 0.3) is 0 Å². The Hall–Kier alpha value is -2.15. The van der Waals surface area contributed by atoms with Crippen molar-refractivity contribution in [3.63, 3.8) is 0 Å². The number of halogens is 1. The second-order valence-corrected chi connectivity index (χ2v) is 6.04. The van der Waals surface area contributed by atoms with Crippen LogP contribution in [0.1, 0.15) is 23.1 Å². The lowest BCUT2D eigenvalue weighted by molar-refractivity contribution is -0.119. The van der Waals surface area contributed by atoms with Crippen LogP contribution in [0.4, 0.5) is 0 Å². The second kappa shape index (κ2) is 8.47. The number of hydrogen-bond acceptors (Lipinski definition) is 3. The molecule has 1 unspecified atom stereocenters. The van der Waals surface area contributed by atoms with E-state index in [0.717, 1.165) is 11.1 Å². The molecular weight excluding hydrogens is 310 g/mol. The van der Waals surface area contributed by atoms with Gasteiger partial charge in [0.1, 0.15) is 5.78 Å². The third-order valence-electron chi connectivity index (χ3n) is 3.70. The predicted molar refractivity (Wildman–Crippen MR) is 90.2 cm³/mol. The van der Waals surface area contributed by atoms with Crippen LogP contribution < -0.4 is 0 Å². The molecular formula is C19H18ClNO2. The number of benzene rings is 2. The average Bonchev–Trinajstić information content (AvgIpc) is 2.57. The number of carbonyl (C=O) groups is 1. The highest BCUT2D eigenvalue weighted by molar-refractivity contribution is 6.30. The fourth-order valence-electron chi connectivity index (χ4n) is 2.47. The van der Waals surface area contributed by atoms with Gasteiger partial charge < -0.3 is 5.11 Å². The number of hydrogen-bond donors (Lipinski definition) is 1. The van der Waals surface area contributed by atoms with E-state index in [4.69, 9.17) is 16.9 Å². The quantitative estimate of drug-likeness (QED) is 0.845. The molecule has 2 aromatic rings. The third-order valence-corrected chi connectivity index (χ3v) is 3.95. The highest BCUT2D eigenvalue weighted by Gasteiger charge is 2.14. The largest absolute Gasteiger partial charge is 0.396 e. The minimum atomic E-state index is -0.109. The molecule has 0 saturated heterocycles. The number of ketones is 1. The molecule has 1 N–H and O–H groups in total. The Bertz CT molecular complexity index is 687. The molecule has 1 atom stereocenters. The van der Waals surface area contributed by atoms with Gasteiger partial charge in [0.15, 0.2) is 0 Å². The molecule has 0 aromatic heterocycles. The Morgan fingerprint density at radius 2 is 1.70 bits per heavy atom. The van der Waals surface area contributed by atoms with E-state index in [-0.39, 0.29) is 18.3 Å². The number of nitrogens with zero attached hydrogens (tertiary/aromatic N) is 1. The van der Waals surface area contributed by atoms with E-state index >= 15 is 0 Å². The van der Waals surface area contributed by atoms with Crippen LogP contribution in [-0.2, 0) is 17.6 Å². The van der Waals surface area contributed by atoms with Crippen molar-refractivity contribution < 1.29 is 9.90 Å². The predicted octanol–water partition coefficient (Wildman–Crippen LogP) is 3.56. The van der Waals surface area contributed by atoms with Crippen molar-refractivity contribution in [2.75, 3.05) is 6.61 Å². The zero-order chi connectivity index (χ0) is 16.7. The van der Waals surface area contributed by atoms with Gasteiger partial charge in [-0.25, -0.2) is 0 Å². The molecule has 2 aromatic carbocycles. The van der Waals surface area contributed by atoms with Gasteiger partial charge in [-0.05, 0) is 47.7 Å². The lowest BCUT2D eigenvalue weighted by atomic mass is 9.92. The first-order valence-corrected chi connectivity index (χ1v) is 7.84. The van der Waals surface area contributed by atoms with E-state index in [1.807, 2.05) is 24.3 Å². The molecule has 0 fully saturated rings. The van der Waals surface area contributed by atoms with Crippen molar-refractivity contribution in [3.8, 4) is 6.07 Å². The molecule has 0 bridgehead atoms. The zero-order valence-corrected chi connectivity index (χ0v) is 13.5. The molecule has 4 heteroatoms. The summed E-state index contributed by atoms with van der Waals surface area (Å²) in [5, 5.41) is 19.0. The van der Waals surface area contributed by atoms with Crippen LogP contribution in [0.2, 0.25) is 5.02 Å². The number of nitriles is 1. The van der Waals surface area contributed by atoms with Crippen LogP contribution >= 0.6 is 11.6 Å². The van der Waals surface area contributed by atoms with Crippen molar-refractivity contribution >= 4 is 17.4 Å². The van der Waals surface area contributed by atoms with Gasteiger partial charge in [0, 0.05) is 24.5 Å². The average molecular weight is 328 g/mol. The van der Waals surface area contributed by atoms with Gasteiger partial charge in [-0.15, -0.1) is 0 Å². The highest BCUT2D eigenvalue weighted by Crippen LogP contribution is 2.16. The van der Waals surface area contributed by atoms with E-state index in [0.29, 0.717) is 29.8 Å². The molecule has 2 rings (SSSR count). The Balaban J connectivity index is 1.91. The number of aliphatic hydroxyl groups is 1. The fraction of sp³-hybridized carbons (Fsp3) is 0.263. The SMILES string of the molecule is N#Cc1ccc(CC(CO)CC(=O)Cc2ccc(Cl)cc2)cc1. The maximum absolute atomic E-state index is 12.2. The van der Waals surface area contributed by atoms with Gasteiger partial charge in [-0.1, -0.05) is 35.9 Å². The molecule has 0 amide bonds. The summed E-state index contributed by atoms with van der Waals surface area (Å²) in [6.45, 7) is -0.0354.